The summed E-state index contributed by atoms with van der Waals surface area (Å²) in [6.07, 6.45) is 4.99. The number of carbonyl (C=O) groups is 1. The van der Waals surface area contributed by atoms with Crippen molar-refractivity contribution in [3.05, 3.63) is 0 Å². The normalized spacial score (nSPS) is 47.5. The average molecular weight is 282 g/mol. The van der Waals surface area contributed by atoms with E-state index in [4.69, 9.17) is 9.47 Å². The third-order valence-corrected chi connectivity index (χ3v) is 5.64. The summed E-state index contributed by atoms with van der Waals surface area (Å²) in [7, 11) is 0. The van der Waals surface area contributed by atoms with Crippen LogP contribution in [0.15, 0.2) is 0 Å². The van der Waals surface area contributed by atoms with Crippen molar-refractivity contribution in [3.8, 4) is 0 Å². The average Bonchev–Trinajstić information content (AvgIpc) is 2.81. The molecule has 6 unspecified atom stereocenters. The predicted octanol–water partition coefficient (Wildman–Crippen LogP) is 1.09. The zero-order valence-electron chi connectivity index (χ0n) is 12.9. The van der Waals surface area contributed by atoms with Crippen molar-refractivity contribution < 1.29 is 19.6 Å². The number of fused-ring (bicyclic) bond motifs is 3. The van der Waals surface area contributed by atoms with E-state index in [0.717, 1.165) is 19.3 Å². The molecule has 3 rings (SSSR count). The molecule has 4 heteroatoms. The lowest BCUT2D eigenvalue weighted by molar-refractivity contribution is -0.745. The summed E-state index contributed by atoms with van der Waals surface area (Å²) >= 11 is 0. The Morgan fingerprint density at radius 1 is 1.25 bits per heavy atom. The number of hydrogen-bond donors (Lipinski definition) is 1. The maximum absolute atomic E-state index is 12.0. The lowest BCUT2D eigenvalue weighted by atomic mass is 9.68. The van der Waals surface area contributed by atoms with Crippen LogP contribution in [-0.2, 0) is 14.3 Å². The summed E-state index contributed by atoms with van der Waals surface area (Å²) < 4.78 is 11.4. The third kappa shape index (κ3) is 2.48. The molecule has 7 atom stereocenters. The van der Waals surface area contributed by atoms with Crippen LogP contribution in [0.1, 0.15) is 46.5 Å². The van der Waals surface area contributed by atoms with Crippen molar-refractivity contribution in [3.63, 3.8) is 0 Å². The first-order valence-corrected chi connectivity index (χ1v) is 8.27. The molecule has 0 aromatic carbocycles. The fourth-order valence-corrected chi connectivity index (χ4v) is 4.73. The number of rotatable bonds is 2. The SMILES string of the molecule is CCOC(=O)C1CCC2[NH2+]C(C)C3C[C@H](C)OC3C2C1. The molecule has 2 aliphatic heterocycles. The van der Waals surface area contributed by atoms with E-state index in [0.29, 0.717) is 42.7 Å². The zero-order chi connectivity index (χ0) is 14.3. The van der Waals surface area contributed by atoms with Crippen LogP contribution in [0.4, 0.5) is 0 Å². The van der Waals surface area contributed by atoms with Crippen molar-refractivity contribution >= 4 is 5.97 Å². The van der Waals surface area contributed by atoms with Crippen molar-refractivity contribution in [2.75, 3.05) is 6.61 Å². The third-order valence-electron chi connectivity index (χ3n) is 5.64. The molecule has 0 aromatic heterocycles. The van der Waals surface area contributed by atoms with Crippen molar-refractivity contribution in [1.82, 2.24) is 0 Å². The highest BCUT2D eigenvalue weighted by molar-refractivity contribution is 5.72. The van der Waals surface area contributed by atoms with Gasteiger partial charge in [0.05, 0.1) is 36.8 Å². The van der Waals surface area contributed by atoms with Gasteiger partial charge >= 0.3 is 5.97 Å². The molecule has 2 saturated heterocycles. The first kappa shape index (κ1) is 14.3. The van der Waals surface area contributed by atoms with Gasteiger partial charge in [0, 0.05) is 18.3 Å². The monoisotopic (exact) mass is 282 g/mol. The Morgan fingerprint density at radius 2 is 2.05 bits per heavy atom. The zero-order valence-corrected chi connectivity index (χ0v) is 12.9. The topological polar surface area (TPSA) is 52.1 Å². The fourth-order valence-electron chi connectivity index (χ4n) is 4.73. The summed E-state index contributed by atoms with van der Waals surface area (Å²) in [4.78, 5) is 12.0. The molecule has 1 aliphatic carbocycles. The van der Waals surface area contributed by atoms with Gasteiger partial charge in [-0.15, -0.1) is 0 Å². The number of carbonyl (C=O) groups excluding carboxylic acids is 1. The van der Waals surface area contributed by atoms with Gasteiger partial charge in [-0.1, -0.05) is 0 Å². The number of ether oxygens (including phenoxy) is 2. The van der Waals surface area contributed by atoms with E-state index in [2.05, 4.69) is 19.2 Å². The van der Waals surface area contributed by atoms with Gasteiger partial charge in [-0.05, 0) is 40.0 Å². The van der Waals surface area contributed by atoms with Gasteiger partial charge in [0.15, 0.2) is 0 Å². The first-order chi connectivity index (χ1) is 9.60. The predicted molar refractivity (Wildman–Crippen MR) is 75.1 cm³/mol. The molecular formula is C16H28NO3+. The van der Waals surface area contributed by atoms with Crippen molar-refractivity contribution in [1.29, 1.82) is 0 Å². The Kier molecular flexibility index (Phi) is 4.04. The Labute approximate surface area is 121 Å². The summed E-state index contributed by atoms with van der Waals surface area (Å²) in [5.41, 5.74) is 0. The number of hydrogen-bond acceptors (Lipinski definition) is 3. The van der Waals surface area contributed by atoms with Gasteiger partial charge in [-0.2, -0.15) is 0 Å². The van der Waals surface area contributed by atoms with Crippen LogP contribution < -0.4 is 5.32 Å². The van der Waals surface area contributed by atoms with Crippen LogP contribution in [0.3, 0.4) is 0 Å². The van der Waals surface area contributed by atoms with Crippen LogP contribution in [0.5, 0.6) is 0 Å². The van der Waals surface area contributed by atoms with Gasteiger partial charge in [-0.3, -0.25) is 4.79 Å². The van der Waals surface area contributed by atoms with Gasteiger partial charge in [0.25, 0.3) is 0 Å². The molecule has 0 spiro atoms. The van der Waals surface area contributed by atoms with Crippen LogP contribution >= 0.6 is 0 Å². The second kappa shape index (κ2) is 5.64. The first-order valence-electron chi connectivity index (χ1n) is 8.27. The van der Waals surface area contributed by atoms with E-state index in [1.54, 1.807) is 0 Å². The highest BCUT2D eigenvalue weighted by Crippen LogP contribution is 2.42. The van der Waals surface area contributed by atoms with Crippen molar-refractivity contribution in [2.45, 2.75) is 70.7 Å². The van der Waals surface area contributed by atoms with Gasteiger partial charge in [0.2, 0.25) is 0 Å². The lowest BCUT2D eigenvalue weighted by Crippen LogP contribution is -3.00. The van der Waals surface area contributed by atoms with E-state index in [1.807, 2.05) is 6.92 Å². The molecule has 20 heavy (non-hydrogen) atoms. The summed E-state index contributed by atoms with van der Waals surface area (Å²) in [5, 5.41) is 2.55. The smallest absolute Gasteiger partial charge is 0.308 e. The number of piperidine rings is 1. The second-order valence-corrected chi connectivity index (χ2v) is 6.95. The Hall–Kier alpha value is -0.610. The molecule has 1 saturated carbocycles. The van der Waals surface area contributed by atoms with E-state index >= 15 is 0 Å². The molecule has 3 aliphatic rings. The van der Waals surface area contributed by atoms with Crippen LogP contribution in [0.2, 0.25) is 0 Å². The molecule has 0 bridgehead atoms. The summed E-state index contributed by atoms with van der Waals surface area (Å²) in [5.74, 6) is 1.29. The fraction of sp³-hybridized carbons (Fsp3) is 0.938. The molecule has 4 nitrogen and oxygen atoms in total. The number of esters is 1. The number of nitrogens with two attached hydrogens (primary N) is 1. The maximum Gasteiger partial charge on any atom is 0.308 e. The second-order valence-electron chi connectivity index (χ2n) is 6.95. The highest BCUT2D eigenvalue weighted by Gasteiger charge is 2.53. The van der Waals surface area contributed by atoms with Crippen LogP contribution in [-0.4, -0.2) is 36.9 Å². The van der Waals surface area contributed by atoms with Gasteiger partial charge in [-0.25, -0.2) is 0 Å². The maximum atomic E-state index is 12.0. The van der Waals surface area contributed by atoms with Gasteiger partial charge in [0.1, 0.15) is 0 Å². The van der Waals surface area contributed by atoms with Crippen LogP contribution in [0.25, 0.3) is 0 Å². The molecule has 0 radical (unpaired) electrons. The van der Waals surface area contributed by atoms with E-state index < -0.39 is 0 Å². The Morgan fingerprint density at radius 3 is 2.80 bits per heavy atom. The minimum atomic E-state index is 0.00664. The van der Waals surface area contributed by atoms with Crippen LogP contribution in [0, 0.1) is 17.8 Å². The van der Waals surface area contributed by atoms with Gasteiger partial charge < -0.3 is 14.8 Å². The standard InChI is InChI=1S/C16H27NO3/c1-4-19-16(18)11-5-6-14-13(8-11)15-12(10(3)17-14)7-9(2)20-15/h9-15,17H,4-8H2,1-3H3/p+1/t9-,10?,11?,12?,13?,14?,15?/m0/s1. The molecular weight excluding hydrogens is 254 g/mol. The Balaban J connectivity index is 1.71. The molecule has 0 amide bonds. The number of quaternary nitrogens is 1. The summed E-state index contributed by atoms with van der Waals surface area (Å²) in [6, 6.07) is 1.30. The Bertz CT molecular complexity index is 373. The minimum absolute atomic E-state index is 0.00664. The lowest BCUT2D eigenvalue weighted by Gasteiger charge is -2.44. The molecule has 2 heterocycles. The highest BCUT2D eigenvalue weighted by atomic mass is 16.5. The molecule has 114 valence electrons. The molecule has 0 aromatic rings. The minimum Gasteiger partial charge on any atom is -0.466 e. The van der Waals surface area contributed by atoms with Crippen molar-refractivity contribution in [2.24, 2.45) is 17.8 Å². The summed E-state index contributed by atoms with van der Waals surface area (Å²) in [6.45, 7) is 6.90. The molecule has 3 fully saturated rings. The van der Waals surface area contributed by atoms with E-state index in [9.17, 15) is 4.79 Å². The largest absolute Gasteiger partial charge is 0.466 e. The quantitative estimate of drug-likeness (QED) is 0.772. The van der Waals surface area contributed by atoms with E-state index in [1.165, 1.54) is 6.42 Å². The molecule has 2 N–H and O–H groups in total. The van der Waals surface area contributed by atoms with E-state index in [-0.39, 0.29) is 11.9 Å².